The molecule has 158 valence electrons. The Bertz CT molecular complexity index is 1140. The van der Waals surface area contributed by atoms with Crippen LogP contribution in [0.15, 0.2) is 39.5 Å². The highest BCUT2D eigenvalue weighted by Gasteiger charge is 2.20. The first-order valence-corrected chi connectivity index (χ1v) is 9.83. The molecule has 1 N–H and O–H groups in total. The number of benzene rings is 2. The standard InChI is InChI=1S/C21H18O7.C2H6/c1-3-12-6-14-17(8-16(12)25-9-19(22)23)28-11(2)20(21(14)24)13-4-5-15-18(7-13)27-10-26-15;1-2/h4-8H,3,9-10H2,1-2H3,(H,22,23);1-2H3. The molecule has 1 aliphatic rings. The van der Waals surface area contributed by atoms with Crippen LogP contribution >= 0.6 is 0 Å². The highest BCUT2D eigenvalue weighted by molar-refractivity contribution is 5.85. The zero-order valence-electron chi connectivity index (χ0n) is 17.4. The molecule has 0 aliphatic carbocycles. The highest BCUT2D eigenvalue weighted by atomic mass is 16.7. The summed E-state index contributed by atoms with van der Waals surface area (Å²) in [5, 5.41) is 9.27. The normalized spacial score (nSPS) is 11.7. The van der Waals surface area contributed by atoms with Crippen LogP contribution in [-0.4, -0.2) is 24.5 Å². The quantitative estimate of drug-likeness (QED) is 0.657. The van der Waals surface area contributed by atoms with Gasteiger partial charge in [-0.05, 0) is 42.7 Å². The number of aryl methyl sites for hydroxylation is 2. The molecule has 0 atom stereocenters. The van der Waals surface area contributed by atoms with Crippen LogP contribution in [0.1, 0.15) is 32.1 Å². The molecule has 0 saturated heterocycles. The van der Waals surface area contributed by atoms with Crippen molar-refractivity contribution in [2.24, 2.45) is 0 Å². The van der Waals surface area contributed by atoms with Crippen molar-refractivity contribution < 1.29 is 28.5 Å². The Hall–Kier alpha value is -3.48. The minimum absolute atomic E-state index is 0.156. The SMILES string of the molecule is CC.CCc1cc2c(=O)c(-c3ccc4c(c3)OCO4)c(C)oc2cc1OCC(=O)O. The molecular formula is C23H24O7. The van der Waals surface area contributed by atoms with E-state index in [0.29, 0.717) is 51.5 Å². The summed E-state index contributed by atoms with van der Waals surface area (Å²) in [7, 11) is 0. The van der Waals surface area contributed by atoms with E-state index in [1.54, 1.807) is 37.3 Å². The second-order valence-electron chi connectivity index (χ2n) is 6.42. The van der Waals surface area contributed by atoms with Gasteiger partial charge < -0.3 is 23.7 Å². The lowest BCUT2D eigenvalue weighted by molar-refractivity contribution is -0.139. The summed E-state index contributed by atoms with van der Waals surface area (Å²) >= 11 is 0. The van der Waals surface area contributed by atoms with Crippen molar-refractivity contribution in [3.8, 4) is 28.4 Å². The molecule has 7 heteroatoms. The molecule has 0 amide bonds. The molecule has 30 heavy (non-hydrogen) atoms. The lowest BCUT2D eigenvalue weighted by Crippen LogP contribution is -2.12. The molecule has 0 bridgehead atoms. The zero-order chi connectivity index (χ0) is 21.8. The molecule has 0 fully saturated rings. The van der Waals surface area contributed by atoms with Crippen molar-refractivity contribution in [2.45, 2.75) is 34.1 Å². The number of aliphatic carboxylic acids is 1. The Morgan fingerprint density at radius 3 is 2.57 bits per heavy atom. The maximum Gasteiger partial charge on any atom is 0.341 e. The summed E-state index contributed by atoms with van der Waals surface area (Å²) in [4.78, 5) is 24.0. The number of hydrogen-bond donors (Lipinski definition) is 1. The summed E-state index contributed by atoms with van der Waals surface area (Å²) in [6, 6.07) is 8.60. The van der Waals surface area contributed by atoms with Crippen LogP contribution in [0.4, 0.5) is 0 Å². The summed E-state index contributed by atoms with van der Waals surface area (Å²) in [6.07, 6.45) is 0.581. The van der Waals surface area contributed by atoms with Gasteiger partial charge in [-0.25, -0.2) is 4.79 Å². The molecule has 1 aromatic heterocycles. The number of ether oxygens (including phenoxy) is 3. The fourth-order valence-electron chi connectivity index (χ4n) is 3.31. The maximum absolute atomic E-state index is 13.2. The van der Waals surface area contributed by atoms with Gasteiger partial charge in [-0.1, -0.05) is 26.8 Å². The predicted octanol–water partition coefficient (Wildman–Crippen LogP) is 4.55. The van der Waals surface area contributed by atoms with Crippen molar-refractivity contribution >= 4 is 16.9 Å². The maximum atomic E-state index is 13.2. The van der Waals surface area contributed by atoms with Gasteiger partial charge in [-0.15, -0.1) is 0 Å². The van der Waals surface area contributed by atoms with Gasteiger partial charge in [0.05, 0.1) is 10.9 Å². The molecular weight excluding hydrogens is 388 g/mol. The molecule has 0 radical (unpaired) electrons. The Labute approximate surface area is 173 Å². The van der Waals surface area contributed by atoms with E-state index < -0.39 is 12.6 Å². The van der Waals surface area contributed by atoms with Gasteiger partial charge in [0.1, 0.15) is 17.1 Å². The summed E-state index contributed by atoms with van der Waals surface area (Å²) in [5.41, 5.74) is 2.05. The van der Waals surface area contributed by atoms with E-state index in [1.165, 1.54) is 0 Å². The van der Waals surface area contributed by atoms with Gasteiger partial charge in [-0.3, -0.25) is 4.79 Å². The minimum atomic E-state index is -1.07. The summed E-state index contributed by atoms with van der Waals surface area (Å²) in [6.45, 7) is 7.32. The molecule has 7 nitrogen and oxygen atoms in total. The van der Waals surface area contributed by atoms with Gasteiger partial charge in [0, 0.05) is 6.07 Å². The average molecular weight is 412 g/mol. The number of carbonyl (C=O) groups is 1. The van der Waals surface area contributed by atoms with E-state index in [-0.39, 0.29) is 12.2 Å². The van der Waals surface area contributed by atoms with Crippen molar-refractivity contribution in [2.75, 3.05) is 13.4 Å². The van der Waals surface area contributed by atoms with Gasteiger partial charge in [0.15, 0.2) is 18.1 Å². The van der Waals surface area contributed by atoms with Crippen LogP contribution in [0.3, 0.4) is 0 Å². The van der Waals surface area contributed by atoms with Gasteiger partial charge >= 0.3 is 5.97 Å². The Morgan fingerprint density at radius 1 is 1.13 bits per heavy atom. The fourth-order valence-corrected chi connectivity index (χ4v) is 3.31. The van der Waals surface area contributed by atoms with Crippen molar-refractivity contribution in [1.29, 1.82) is 0 Å². The largest absolute Gasteiger partial charge is 0.481 e. The van der Waals surface area contributed by atoms with Crippen molar-refractivity contribution in [1.82, 2.24) is 0 Å². The van der Waals surface area contributed by atoms with Crippen molar-refractivity contribution in [3.05, 3.63) is 51.9 Å². The second-order valence-corrected chi connectivity index (χ2v) is 6.42. The van der Waals surface area contributed by atoms with Gasteiger partial charge in [-0.2, -0.15) is 0 Å². The summed E-state index contributed by atoms with van der Waals surface area (Å²) in [5.74, 6) is 1.00. The number of rotatable bonds is 5. The smallest absolute Gasteiger partial charge is 0.341 e. The predicted molar refractivity (Wildman–Crippen MR) is 113 cm³/mol. The molecule has 3 aromatic rings. The molecule has 0 spiro atoms. The van der Waals surface area contributed by atoms with E-state index in [1.807, 2.05) is 20.8 Å². The lowest BCUT2D eigenvalue weighted by atomic mass is 10.0. The average Bonchev–Trinajstić information content (AvgIpc) is 3.21. The number of carboxylic acids is 1. The van der Waals surface area contributed by atoms with E-state index in [2.05, 4.69) is 0 Å². The first-order valence-electron chi connectivity index (χ1n) is 9.83. The molecule has 2 aromatic carbocycles. The fraction of sp³-hybridized carbons (Fsp3) is 0.304. The highest BCUT2D eigenvalue weighted by Crippen LogP contribution is 2.37. The van der Waals surface area contributed by atoms with E-state index in [9.17, 15) is 9.59 Å². The van der Waals surface area contributed by atoms with Crippen LogP contribution in [0.2, 0.25) is 0 Å². The van der Waals surface area contributed by atoms with Crippen LogP contribution in [0.25, 0.3) is 22.1 Å². The summed E-state index contributed by atoms with van der Waals surface area (Å²) < 4.78 is 22.0. The first-order chi connectivity index (χ1) is 14.5. The molecule has 4 rings (SSSR count). The molecule has 0 unspecified atom stereocenters. The van der Waals surface area contributed by atoms with Gasteiger partial charge in [0.25, 0.3) is 0 Å². The topological polar surface area (TPSA) is 95.2 Å². The van der Waals surface area contributed by atoms with E-state index in [4.69, 9.17) is 23.7 Å². The Kier molecular flexibility index (Phi) is 6.30. The van der Waals surface area contributed by atoms with E-state index in [0.717, 1.165) is 5.56 Å². The molecule has 0 saturated carbocycles. The number of carboxylic acid groups (broad SMARTS) is 1. The Morgan fingerprint density at radius 2 is 1.87 bits per heavy atom. The van der Waals surface area contributed by atoms with Crippen LogP contribution in [0.5, 0.6) is 17.2 Å². The van der Waals surface area contributed by atoms with Crippen molar-refractivity contribution in [3.63, 3.8) is 0 Å². The third-order valence-corrected chi connectivity index (χ3v) is 4.64. The third-order valence-electron chi connectivity index (χ3n) is 4.64. The number of hydrogen-bond acceptors (Lipinski definition) is 6. The van der Waals surface area contributed by atoms with Gasteiger partial charge in [0.2, 0.25) is 12.2 Å². The van der Waals surface area contributed by atoms with Crippen LogP contribution in [-0.2, 0) is 11.2 Å². The van der Waals surface area contributed by atoms with Crippen LogP contribution < -0.4 is 19.6 Å². The number of fused-ring (bicyclic) bond motifs is 2. The first kappa shape index (κ1) is 21.2. The van der Waals surface area contributed by atoms with Crippen LogP contribution in [0, 0.1) is 6.92 Å². The third kappa shape index (κ3) is 3.96. The monoisotopic (exact) mass is 412 g/mol. The Balaban J connectivity index is 0.00000124. The molecule has 2 heterocycles. The van der Waals surface area contributed by atoms with E-state index >= 15 is 0 Å². The minimum Gasteiger partial charge on any atom is -0.481 e. The zero-order valence-corrected chi connectivity index (χ0v) is 17.4. The second kappa shape index (κ2) is 8.90. The lowest BCUT2D eigenvalue weighted by Gasteiger charge is -2.12. The molecule has 1 aliphatic heterocycles.